The summed E-state index contributed by atoms with van der Waals surface area (Å²) in [5.41, 5.74) is 2.94. The minimum atomic E-state index is 0.432. The first-order valence-corrected chi connectivity index (χ1v) is 8.96. The van der Waals surface area contributed by atoms with Gasteiger partial charge in [0.1, 0.15) is 11.5 Å². The van der Waals surface area contributed by atoms with Crippen LogP contribution in [-0.2, 0) is 0 Å². The predicted octanol–water partition coefficient (Wildman–Crippen LogP) is 4.57. The van der Waals surface area contributed by atoms with Gasteiger partial charge in [0.15, 0.2) is 11.5 Å². The fraction of sp³-hybridized carbons (Fsp3) is 0.100. The summed E-state index contributed by atoms with van der Waals surface area (Å²) in [5.74, 6) is 1.59. The highest BCUT2D eigenvalue weighted by Crippen LogP contribution is 2.35. The lowest BCUT2D eigenvalue weighted by molar-refractivity contribution is 0.395. The maximum atomic E-state index is 6.15. The van der Waals surface area contributed by atoms with Crippen molar-refractivity contribution in [2.75, 3.05) is 7.11 Å². The third-order valence-electron chi connectivity index (χ3n) is 4.61. The molecule has 2 aromatic carbocycles. The van der Waals surface area contributed by atoms with Gasteiger partial charge in [-0.1, -0.05) is 47.1 Å². The Bertz CT molecular complexity index is 1330. The van der Waals surface area contributed by atoms with Crippen LogP contribution in [0.15, 0.2) is 53.1 Å². The Balaban J connectivity index is 1.83. The van der Waals surface area contributed by atoms with E-state index in [2.05, 4.69) is 20.5 Å². The van der Waals surface area contributed by atoms with Crippen molar-refractivity contribution < 1.29 is 9.26 Å². The molecule has 138 valence electrons. The first kappa shape index (κ1) is 16.7. The van der Waals surface area contributed by atoms with E-state index in [4.69, 9.17) is 20.9 Å². The first-order valence-electron chi connectivity index (χ1n) is 8.58. The van der Waals surface area contributed by atoms with Gasteiger partial charge in [-0.15, -0.1) is 15.3 Å². The molecule has 7 nitrogen and oxygen atoms in total. The topological polar surface area (TPSA) is 78.3 Å². The van der Waals surface area contributed by atoms with Gasteiger partial charge in [0, 0.05) is 16.0 Å². The number of rotatable bonds is 3. The van der Waals surface area contributed by atoms with Gasteiger partial charge in [-0.05, 0) is 25.1 Å². The SMILES string of the molecule is COc1nn2c(-c3c(-c4ccccc4)noc3C)nnc2c2ccc(Cl)cc12. The number of methoxy groups -OCH3 is 1. The van der Waals surface area contributed by atoms with Crippen LogP contribution >= 0.6 is 11.6 Å². The number of fused-ring (bicyclic) bond motifs is 3. The minimum absolute atomic E-state index is 0.432. The molecule has 0 N–H and O–H groups in total. The molecule has 5 aromatic rings. The summed E-state index contributed by atoms with van der Waals surface area (Å²) in [6, 6.07) is 15.3. The van der Waals surface area contributed by atoms with Crippen molar-refractivity contribution in [3.8, 4) is 28.5 Å². The van der Waals surface area contributed by atoms with Crippen LogP contribution in [0.1, 0.15) is 5.76 Å². The molecule has 0 amide bonds. The number of nitrogens with zero attached hydrogens (tertiary/aromatic N) is 5. The van der Waals surface area contributed by atoms with Gasteiger partial charge in [0.25, 0.3) is 0 Å². The number of aryl methyl sites for hydroxylation is 1. The molecule has 5 rings (SSSR count). The highest BCUT2D eigenvalue weighted by Gasteiger charge is 2.24. The molecule has 0 atom stereocenters. The van der Waals surface area contributed by atoms with Crippen LogP contribution in [0, 0.1) is 6.92 Å². The van der Waals surface area contributed by atoms with Crippen molar-refractivity contribution >= 4 is 28.0 Å². The fourth-order valence-electron chi connectivity index (χ4n) is 3.31. The van der Waals surface area contributed by atoms with Crippen LogP contribution in [0.2, 0.25) is 5.02 Å². The fourth-order valence-corrected chi connectivity index (χ4v) is 3.48. The van der Waals surface area contributed by atoms with Gasteiger partial charge in [-0.3, -0.25) is 0 Å². The second-order valence-corrected chi connectivity index (χ2v) is 6.72. The summed E-state index contributed by atoms with van der Waals surface area (Å²) in [6.45, 7) is 1.84. The Hall–Kier alpha value is -3.45. The minimum Gasteiger partial charge on any atom is -0.480 e. The predicted molar refractivity (Wildman–Crippen MR) is 106 cm³/mol. The average Bonchev–Trinajstić information content (AvgIpc) is 3.30. The largest absolute Gasteiger partial charge is 0.480 e. The zero-order valence-corrected chi connectivity index (χ0v) is 15.8. The summed E-state index contributed by atoms with van der Waals surface area (Å²) in [6.07, 6.45) is 0. The Morgan fingerprint density at radius 1 is 1.04 bits per heavy atom. The summed E-state index contributed by atoms with van der Waals surface area (Å²) in [7, 11) is 1.57. The van der Waals surface area contributed by atoms with Crippen molar-refractivity contribution in [1.29, 1.82) is 0 Å². The highest BCUT2D eigenvalue weighted by molar-refractivity contribution is 6.31. The zero-order chi connectivity index (χ0) is 19.3. The van der Waals surface area contributed by atoms with Gasteiger partial charge in [-0.25, -0.2) is 0 Å². The van der Waals surface area contributed by atoms with E-state index in [1.165, 1.54) is 0 Å². The van der Waals surface area contributed by atoms with Crippen LogP contribution in [0.3, 0.4) is 0 Å². The van der Waals surface area contributed by atoms with Gasteiger partial charge in [-0.2, -0.15) is 4.52 Å². The lowest BCUT2D eigenvalue weighted by atomic mass is 10.1. The Morgan fingerprint density at radius 3 is 2.64 bits per heavy atom. The summed E-state index contributed by atoms with van der Waals surface area (Å²) in [4.78, 5) is 0. The van der Waals surface area contributed by atoms with Gasteiger partial charge >= 0.3 is 0 Å². The number of benzene rings is 2. The normalized spacial score (nSPS) is 11.4. The molecule has 0 radical (unpaired) electrons. The molecule has 0 unspecified atom stereocenters. The van der Waals surface area contributed by atoms with Gasteiger partial charge in [0.2, 0.25) is 5.88 Å². The quantitative estimate of drug-likeness (QED) is 0.448. The van der Waals surface area contributed by atoms with E-state index < -0.39 is 0 Å². The zero-order valence-electron chi connectivity index (χ0n) is 15.0. The van der Waals surface area contributed by atoms with Crippen LogP contribution in [-0.4, -0.2) is 32.1 Å². The van der Waals surface area contributed by atoms with Gasteiger partial charge < -0.3 is 9.26 Å². The van der Waals surface area contributed by atoms with E-state index in [9.17, 15) is 0 Å². The molecule has 0 bridgehead atoms. The van der Waals surface area contributed by atoms with Crippen LogP contribution in [0.25, 0.3) is 39.1 Å². The average molecular weight is 392 g/mol. The maximum Gasteiger partial charge on any atom is 0.239 e. The molecule has 0 aliphatic carbocycles. The van der Waals surface area contributed by atoms with E-state index in [1.807, 2.05) is 43.3 Å². The molecule has 0 saturated carbocycles. The van der Waals surface area contributed by atoms with E-state index in [0.717, 1.165) is 21.9 Å². The first-order chi connectivity index (χ1) is 13.7. The van der Waals surface area contributed by atoms with E-state index in [1.54, 1.807) is 23.8 Å². The molecular weight excluding hydrogens is 378 g/mol. The maximum absolute atomic E-state index is 6.15. The van der Waals surface area contributed by atoms with Crippen LogP contribution in [0.4, 0.5) is 0 Å². The summed E-state index contributed by atoms with van der Waals surface area (Å²) < 4.78 is 12.6. The third-order valence-corrected chi connectivity index (χ3v) is 4.85. The lowest BCUT2D eigenvalue weighted by Crippen LogP contribution is -2.00. The van der Waals surface area contributed by atoms with Crippen molar-refractivity contribution in [3.63, 3.8) is 0 Å². The summed E-state index contributed by atoms with van der Waals surface area (Å²) >= 11 is 6.15. The number of halogens is 1. The number of ether oxygens (including phenoxy) is 1. The molecule has 0 fully saturated rings. The van der Waals surface area contributed by atoms with Crippen LogP contribution in [0.5, 0.6) is 5.88 Å². The molecule has 0 saturated heterocycles. The monoisotopic (exact) mass is 391 g/mol. The number of aromatic nitrogens is 5. The van der Waals surface area contributed by atoms with E-state index in [0.29, 0.717) is 33.8 Å². The van der Waals surface area contributed by atoms with Crippen LogP contribution < -0.4 is 4.74 Å². The molecule has 8 heteroatoms. The van der Waals surface area contributed by atoms with Crippen molar-refractivity contribution in [3.05, 3.63) is 59.3 Å². The lowest BCUT2D eigenvalue weighted by Gasteiger charge is -2.07. The Labute approximate surface area is 164 Å². The highest BCUT2D eigenvalue weighted by atomic mass is 35.5. The molecule has 0 aliphatic heterocycles. The molecular formula is C20H14ClN5O2. The van der Waals surface area contributed by atoms with E-state index in [-0.39, 0.29) is 0 Å². The summed E-state index contributed by atoms with van der Waals surface area (Å²) in [5, 5.41) is 19.8. The molecule has 3 aromatic heterocycles. The molecule has 3 heterocycles. The van der Waals surface area contributed by atoms with Crippen molar-refractivity contribution in [1.82, 2.24) is 25.0 Å². The second kappa shape index (κ2) is 6.31. The van der Waals surface area contributed by atoms with Crippen molar-refractivity contribution in [2.45, 2.75) is 6.92 Å². The Morgan fingerprint density at radius 2 is 1.86 bits per heavy atom. The number of hydrogen-bond acceptors (Lipinski definition) is 6. The molecule has 0 aliphatic rings. The van der Waals surface area contributed by atoms with Crippen molar-refractivity contribution in [2.24, 2.45) is 0 Å². The third kappa shape index (κ3) is 2.44. The Kier molecular flexibility index (Phi) is 3.77. The second-order valence-electron chi connectivity index (χ2n) is 6.29. The van der Waals surface area contributed by atoms with Gasteiger partial charge in [0.05, 0.1) is 18.1 Å². The smallest absolute Gasteiger partial charge is 0.239 e. The van der Waals surface area contributed by atoms with E-state index >= 15 is 0 Å². The number of hydrogen-bond donors (Lipinski definition) is 0. The molecule has 28 heavy (non-hydrogen) atoms. The molecule has 0 spiro atoms. The standard InChI is InChI=1S/C20H14ClN5O2/c1-11-16(17(25-28-11)12-6-4-3-5-7-12)19-23-22-18-14-9-8-13(21)10-15(14)20(27-2)24-26(18)19/h3-10H,1-2H3.